The van der Waals surface area contributed by atoms with E-state index in [-0.39, 0.29) is 11.7 Å². The molecule has 0 aromatic heterocycles. The average molecular weight is 297 g/mol. The van der Waals surface area contributed by atoms with E-state index < -0.39 is 0 Å². The van der Waals surface area contributed by atoms with Crippen LogP contribution in [0.5, 0.6) is 0 Å². The van der Waals surface area contributed by atoms with Gasteiger partial charge in [0.05, 0.1) is 0 Å². The van der Waals surface area contributed by atoms with Crippen LogP contribution in [0.4, 0.5) is 4.39 Å². The summed E-state index contributed by atoms with van der Waals surface area (Å²) < 4.78 is 13.8. The zero-order valence-electron chi connectivity index (χ0n) is 10.7. The summed E-state index contributed by atoms with van der Waals surface area (Å²) in [5, 5.41) is 0.550. The Morgan fingerprint density at radius 1 is 1.16 bits per heavy atom. The Balaban J connectivity index is 2.29. The van der Waals surface area contributed by atoms with Crippen molar-refractivity contribution >= 4 is 23.2 Å². The number of benzene rings is 2. The highest BCUT2D eigenvalue weighted by Crippen LogP contribution is 2.27. The van der Waals surface area contributed by atoms with Crippen LogP contribution in [0.3, 0.4) is 0 Å². The zero-order chi connectivity index (χ0) is 13.8. The van der Waals surface area contributed by atoms with Crippen LogP contribution in [0, 0.1) is 12.7 Å². The van der Waals surface area contributed by atoms with Gasteiger partial charge in [-0.3, -0.25) is 0 Å². The molecule has 0 bridgehead atoms. The van der Waals surface area contributed by atoms with Crippen LogP contribution in [0.25, 0.3) is 0 Å². The topological polar surface area (TPSA) is 0 Å². The van der Waals surface area contributed by atoms with Gasteiger partial charge in [0.2, 0.25) is 0 Å². The molecule has 0 N–H and O–H groups in total. The van der Waals surface area contributed by atoms with E-state index in [0.717, 1.165) is 5.56 Å². The Morgan fingerprint density at radius 3 is 2.58 bits per heavy atom. The summed E-state index contributed by atoms with van der Waals surface area (Å²) in [5.74, 6) is 0.320. The minimum absolute atomic E-state index is 0.0934. The molecule has 1 atom stereocenters. The van der Waals surface area contributed by atoms with Gasteiger partial charge in [-0.25, -0.2) is 4.39 Å². The van der Waals surface area contributed by atoms with E-state index in [1.807, 2.05) is 31.2 Å². The predicted octanol–water partition coefficient (Wildman–Crippen LogP) is 5.35. The Labute approximate surface area is 123 Å². The van der Waals surface area contributed by atoms with Gasteiger partial charge in [-0.15, -0.1) is 11.6 Å². The first-order valence-electron chi connectivity index (χ1n) is 6.17. The van der Waals surface area contributed by atoms with Crippen molar-refractivity contribution in [2.24, 2.45) is 0 Å². The number of hydrogen-bond acceptors (Lipinski definition) is 0. The van der Waals surface area contributed by atoms with Gasteiger partial charge < -0.3 is 0 Å². The highest BCUT2D eigenvalue weighted by atomic mass is 35.5. The molecule has 100 valence electrons. The molecule has 2 rings (SSSR count). The van der Waals surface area contributed by atoms with Crippen LogP contribution in [-0.4, -0.2) is 5.88 Å². The number of hydrogen-bond donors (Lipinski definition) is 0. The highest BCUT2D eigenvalue weighted by Gasteiger charge is 2.15. The first-order chi connectivity index (χ1) is 9.11. The fourth-order valence-corrected chi connectivity index (χ4v) is 2.73. The van der Waals surface area contributed by atoms with Gasteiger partial charge in [0.25, 0.3) is 0 Å². The standard InChI is InChI=1S/C16H15Cl2F/c1-11-4-2-3-5-15(11)13(10-17)8-12-9-14(18)6-7-16(12)19/h2-7,9,13H,8,10H2,1H3. The number of alkyl halides is 1. The Kier molecular flexibility index (Phi) is 4.84. The van der Waals surface area contributed by atoms with Crippen LogP contribution in [0.1, 0.15) is 22.6 Å². The summed E-state index contributed by atoms with van der Waals surface area (Å²) >= 11 is 12.0. The Hall–Kier alpha value is -1.05. The van der Waals surface area contributed by atoms with Gasteiger partial charge in [0.15, 0.2) is 0 Å². The first-order valence-corrected chi connectivity index (χ1v) is 7.08. The molecule has 0 aliphatic heterocycles. The molecule has 1 unspecified atom stereocenters. The van der Waals surface area contributed by atoms with Crippen molar-refractivity contribution in [1.29, 1.82) is 0 Å². The molecule has 0 saturated carbocycles. The molecule has 0 amide bonds. The van der Waals surface area contributed by atoms with Crippen molar-refractivity contribution in [2.45, 2.75) is 19.3 Å². The predicted molar refractivity (Wildman–Crippen MR) is 79.8 cm³/mol. The first kappa shape index (κ1) is 14.4. The lowest BCUT2D eigenvalue weighted by atomic mass is 9.90. The van der Waals surface area contributed by atoms with Crippen molar-refractivity contribution < 1.29 is 4.39 Å². The monoisotopic (exact) mass is 296 g/mol. The van der Waals surface area contributed by atoms with Gasteiger partial charge >= 0.3 is 0 Å². The van der Waals surface area contributed by atoms with E-state index in [1.165, 1.54) is 11.6 Å². The normalized spacial score (nSPS) is 12.4. The van der Waals surface area contributed by atoms with Gasteiger partial charge in [-0.1, -0.05) is 35.9 Å². The summed E-state index contributed by atoms with van der Waals surface area (Å²) in [4.78, 5) is 0. The molecule has 2 aromatic rings. The van der Waals surface area contributed by atoms with Crippen molar-refractivity contribution in [3.63, 3.8) is 0 Å². The van der Waals surface area contributed by atoms with Crippen LogP contribution in [-0.2, 0) is 6.42 Å². The number of rotatable bonds is 4. The lowest BCUT2D eigenvalue weighted by Gasteiger charge is -2.17. The molecule has 0 fully saturated rings. The largest absolute Gasteiger partial charge is 0.207 e. The summed E-state index contributed by atoms with van der Waals surface area (Å²) in [6.45, 7) is 2.04. The summed E-state index contributed by atoms with van der Waals surface area (Å²) in [6, 6.07) is 12.7. The molecule has 3 heteroatoms. The molecule has 0 saturated heterocycles. The summed E-state index contributed by atoms with van der Waals surface area (Å²) in [7, 11) is 0. The molecular formula is C16H15Cl2F. The van der Waals surface area contributed by atoms with E-state index in [9.17, 15) is 4.39 Å². The molecule has 0 heterocycles. The van der Waals surface area contributed by atoms with Gasteiger partial charge in [0.1, 0.15) is 5.82 Å². The van der Waals surface area contributed by atoms with E-state index in [2.05, 4.69) is 0 Å². The quantitative estimate of drug-likeness (QED) is 0.667. The van der Waals surface area contributed by atoms with E-state index in [0.29, 0.717) is 22.9 Å². The van der Waals surface area contributed by atoms with Crippen LogP contribution >= 0.6 is 23.2 Å². The third-order valence-corrected chi connectivity index (χ3v) is 3.90. The molecule has 0 spiro atoms. The Morgan fingerprint density at radius 2 is 1.89 bits per heavy atom. The fourth-order valence-electron chi connectivity index (χ4n) is 2.26. The van der Waals surface area contributed by atoms with E-state index >= 15 is 0 Å². The van der Waals surface area contributed by atoms with Gasteiger partial charge in [-0.05, 0) is 48.2 Å². The smallest absolute Gasteiger partial charge is 0.126 e. The van der Waals surface area contributed by atoms with Gasteiger partial charge in [-0.2, -0.15) is 0 Å². The van der Waals surface area contributed by atoms with E-state index in [4.69, 9.17) is 23.2 Å². The minimum atomic E-state index is -0.229. The SMILES string of the molecule is Cc1ccccc1C(CCl)Cc1cc(Cl)ccc1F. The average Bonchev–Trinajstić information content (AvgIpc) is 2.41. The number of halogens is 3. The maximum atomic E-state index is 13.8. The van der Waals surface area contributed by atoms with Crippen LogP contribution in [0.15, 0.2) is 42.5 Å². The molecule has 0 radical (unpaired) electrons. The third-order valence-electron chi connectivity index (χ3n) is 3.29. The molecule has 0 nitrogen and oxygen atoms in total. The zero-order valence-corrected chi connectivity index (χ0v) is 12.2. The fraction of sp³-hybridized carbons (Fsp3) is 0.250. The van der Waals surface area contributed by atoms with Crippen molar-refractivity contribution in [3.05, 3.63) is 70.0 Å². The van der Waals surface area contributed by atoms with Crippen molar-refractivity contribution in [3.8, 4) is 0 Å². The Bertz CT molecular complexity index is 566. The minimum Gasteiger partial charge on any atom is -0.207 e. The second-order valence-electron chi connectivity index (χ2n) is 4.65. The van der Waals surface area contributed by atoms with Crippen molar-refractivity contribution in [2.75, 3.05) is 5.88 Å². The second-order valence-corrected chi connectivity index (χ2v) is 5.39. The third kappa shape index (κ3) is 3.49. The summed E-state index contributed by atoms with van der Waals surface area (Å²) in [6.07, 6.45) is 0.556. The maximum Gasteiger partial charge on any atom is 0.126 e. The maximum absolute atomic E-state index is 13.8. The molecular weight excluding hydrogens is 282 g/mol. The lowest BCUT2D eigenvalue weighted by molar-refractivity contribution is 0.598. The lowest BCUT2D eigenvalue weighted by Crippen LogP contribution is -2.08. The molecule has 0 aliphatic rings. The molecule has 2 aromatic carbocycles. The molecule has 19 heavy (non-hydrogen) atoms. The highest BCUT2D eigenvalue weighted by molar-refractivity contribution is 6.30. The van der Waals surface area contributed by atoms with Crippen LogP contribution in [0.2, 0.25) is 5.02 Å². The summed E-state index contributed by atoms with van der Waals surface area (Å²) in [5.41, 5.74) is 2.95. The van der Waals surface area contributed by atoms with E-state index in [1.54, 1.807) is 12.1 Å². The van der Waals surface area contributed by atoms with Crippen LogP contribution < -0.4 is 0 Å². The van der Waals surface area contributed by atoms with Crippen molar-refractivity contribution in [1.82, 2.24) is 0 Å². The second kappa shape index (κ2) is 6.40. The van der Waals surface area contributed by atoms with Gasteiger partial charge in [0, 0.05) is 16.8 Å². The molecule has 0 aliphatic carbocycles. The number of aryl methyl sites for hydroxylation is 1.